The van der Waals surface area contributed by atoms with Crippen molar-refractivity contribution in [3.63, 3.8) is 0 Å². The van der Waals surface area contributed by atoms with Crippen LogP contribution in [0, 0.1) is 18.8 Å². The van der Waals surface area contributed by atoms with E-state index in [1.807, 2.05) is 6.92 Å². The van der Waals surface area contributed by atoms with E-state index in [1.54, 1.807) is 0 Å². The van der Waals surface area contributed by atoms with E-state index >= 15 is 0 Å². The third kappa shape index (κ3) is 1.52. The highest BCUT2D eigenvalue weighted by molar-refractivity contribution is 9.10. The van der Waals surface area contributed by atoms with E-state index < -0.39 is 0 Å². The summed E-state index contributed by atoms with van der Waals surface area (Å²) in [6.45, 7) is 1.86. The molecule has 0 aliphatic carbocycles. The van der Waals surface area contributed by atoms with Crippen molar-refractivity contribution < 1.29 is 4.39 Å². The molecular weight excluding hydrogens is 183 g/mol. The predicted molar refractivity (Wildman–Crippen MR) is 37.7 cm³/mol. The summed E-state index contributed by atoms with van der Waals surface area (Å²) in [5.74, 6) is -0.257. The molecule has 1 aromatic carbocycles. The zero-order valence-electron chi connectivity index (χ0n) is 4.91. The van der Waals surface area contributed by atoms with Gasteiger partial charge in [0, 0.05) is 4.47 Å². The Balaban J connectivity index is 3.17. The molecule has 1 radical (unpaired) electrons. The van der Waals surface area contributed by atoms with Crippen LogP contribution >= 0.6 is 15.9 Å². The fraction of sp³-hybridized carbons (Fsp3) is 0.143. The summed E-state index contributed by atoms with van der Waals surface area (Å²) < 4.78 is 13.1. The minimum Gasteiger partial charge on any atom is -0.207 e. The molecule has 0 spiro atoms. The molecule has 0 unspecified atom stereocenters. The number of aryl methyl sites for hydroxylation is 1. The second-order valence-corrected chi connectivity index (χ2v) is 2.65. The highest BCUT2D eigenvalue weighted by Crippen LogP contribution is 2.15. The van der Waals surface area contributed by atoms with Gasteiger partial charge in [0.1, 0.15) is 5.82 Å². The van der Waals surface area contributed by atoms with Crippen molar-refractivity contribution >= 4 is 15.9 Å². The van der Waals surface area contributed by atoms with Crippen molar-refractivity contribution in [3.8, 4) is 0 Å². The Morgan fingerprint density at radius 3 is 2.78 bits per heavy atom. The Labute approximate surface area is 61.8 Å². The van der Waals surface area contributed by atoms with Crippen molar-refractivity contribution in [1.82, 2.24) is 0 Å². The first kappa shape index (κ1) is 6.75. The zero-order chi connectivity index (χ0) is 6.85. The van der Waals surface area contributed by atoms with Gasteiger partial charge in [-0.25, -0.2) is 4.39 Å². The van der Waals surface area contributed by atoms with Gasteiger partial charge in [0.05, 0.1) is 0 Å². The summed E-state index contributed by atoms with van der Waals surface area (Å²) in [5, 5.41) is 0. The highest BCUT2D eigenvalue weighted by atomic mass is 79.9. The van der Waals surface area contributed by atoms with Gasteiger partial charge in [-0.2, -0.15) is 0 Å². The average molecular weight is 188 g/mol. The molecule has 0 heterocycles. The molecule has 0 aromatic heterocycles. The molecule has 1 rings (SSSR count). The fourth-order valence-corrected chi connectivity index (χ4v) is 0.850. The van der Waals surface area contributed by atoms with Gasteiger partial charge in [-0.1, -0.05) is 15.9 Å². The molecule has 47 valence electrons. The second-order valence-electron chi connectivity index (χ2n) is 1.79. The lowest BCUT2D eigenvalue weighted by Crippen LogP contribution is -1.77. The summed E-state index contributed by atoms with van der Waals surface area (Å²) in [6.07, 6.45) is 0. The van der Waals surface area contributed by atoms with Gasteiger partial charge in [0.15, 0.2) is 0 Å². The monoisotopic (exact) mass is 187 g/mol. The van der Waals surface area contributed by atoms with Gasteiger partial charge in [-0.3, -0.25) is 0 Å². The quantitative estimate of drug-likeness (QED) is 0.587. The van der Waals surface area contributed by atoms with Gasteiger partial charge in [-0.05, 0) is 30.7 Å². The summed E-state index contributed by atoms with van der Waals surface area (Å²) >= 11 is 3.17. The lowest BCUT2D eigenvalue weighted by atomic mass is 10.2. The van der Waals surface area contributed by atoms with Gasteiger partial charge in [0.2, 0.25) is 0 Å². The first-order valence-corrected chi connectivity index (χ1v) is 3.33. The third-order valence-corrected chi connectivity index (χ3v) is 1.87. The SMILES string of the molecule is Cc1[c]cc(F)cc1Br. The standard InChI is InChI=1S/C7H5BrF/c1-5-2-3-6(9)4-7(5)8/h3-4H,1H3. The maximum atomic E-state index is 12.3. The Hall–Kier alpha value is -0.370. The molecule has 0 bridgehead atoms. The molecule has 9 heavy (non-hydrogen) atoms. The Morgan fingerprint density at radius 1 is 1.67 bits per heavy atom. The molecule has 0 aliphatic rings. The first-order valence-electron chi connectivity index (χ1n) is 2.53. The van der Waals surface area contributed by atoms with Crippen LogP contribution in [-0.4, -0.2) is 0 Å². The summed E-state index contributed by atoms with van der Waals surface area (Å²) in [7, 11) is 0. The van der Waals surface area contributed by atoms with Gasteiger partial charge >= 0.3 is 0 Å². The minimum atomic E-state index is -0.257. The predicted octanol–water partition coefficient (Wildman–Crippen LogP) is 2.70. The molecule has 0 aliphatic heterocycles. The molecule has 0 amide bonds. The topological polar surface area (TPSA) is 0 Å². The van der Waals surface area contributed by atoms with Crippen molar-refractivity contribution in [2.45, 2.75) is 6.92 Å². The number of halogens is 2. The fourth-order valence-electron chi connectivity index (χ4n) is 0.517. The maximum absolute atomic E-state index is 12.3. The molecular formula is C7H5BrF. The largest absolute Gasteiger partial charge is 0.207 e. The van der Waals surface area contributed by atoms with Crippen molar-refractivity contribution in [1.29, 1.82) is 0 Å². The minimum absolute atomic E-state index is 0.257. The van der Waals surface area contributed by atoms with E-state index in [4.69, 9.17) is 0 Å². The van der Waals surface area contributed by atoms with Gasteiger partial charge in [-0.15, -0.1) is 0 Å². The number of hydrogen-bond acceptors (Lipinski definition) is 0. The van der Waals surface area contributed by atoms with Crippen LogP contribution in [0.1, 0.15) is 5.56 Å². The average Bonchev–Trinajstić information content (AvgIpc) is 1.80. The summed E-state index contributed by atoms with van der Waals surface area (Å²) in [4.78, 5) is 0. The molecule has 0 atom stereocenters. The molecule has 0 saturated heterocycles. The van der Waals surface area contributed by atoms with Crippen LogP contribution in [0.3, 0.4) is 0 Å². The number of benzene rings is 1. The molecule has 0 N–H and O–H groups in total. The van der Waals surface area contributed by atoms with Gasteiger partial charge < -0.3 is 0 Å². The van der Waals surface area contributed by atoms with Crippen LogP contribution in [0.5, 0.6) is 0 Å². The Bertz CT molecular complexity index is 220. The molecule has 2 heteroatoms. The highest BCUT2D eigenvalue weighted by Gasteiger charge is 1.94. The third-order valence-electron chi connectivity index (χ3n) is 1.05. The zero-order valence-corrected chi connectivity index (χ0v) is 6.50. The molecule has 0 fully saturated rings. The van der Waals surface area contributed by atoms with E-state index in [1.165, 1.54) is 12.1 Å². The van der Waals surface area contributed by atoms with E-state index in [0.717, 1.165) is 10.0 Å². The van der Waals surface area contributed by atoms with Crippen molar-refractivity contribution in [2.24, 2.45) is 0 Å². The van der Waals surface area contributed by atoms with E-state index in [9.17, 15) is 4.39 Å². The molecule has 0 saturated carbocycles. The van der Waals surface area contributed by atoms with E-state index in [-0.39, 0.29) is 5.82 Å². The normalized spacial score (nSPS) is 9.67. The van der Waals surface area contributed by atoms with Crippen molar-refractivity contribution in [3.05, 3.63) is 34.1 Å². The van der Waals surface area contributed by atoms with Crippen LogP contribution < -0.4 is 0 Å². The lowest BCUT2D eigenvalue weighted by Gasteiger charge is -1.93. The first-order chi connectivity index (χ1) is 4.20. The summed E-state index contributed by atoms with van der Waals surface area (Å²) in [5.41, 5.74) is 0.927. The van der Waals surface area contributed by atoms with Crippen LogP contribution in [0.25, 0.3) is 0 Å². The van der Waals surface area contributed by atoms with Crippen LogP contribution in [0.15, 0.2) is 16.6 Å². The Kier molecular flexibility index (Phi) is 1.86. The van der Waals surface area contributed by atoms with Gasteiger partial charge in [0.25, 0.3) is 0 Å². The van der Waals surface area contributed by atoms with E-state index in [2.05, 4.69) is 22.0 Å². The molecule has 1 aromatic rings. The van der Waals surface area contributed by atoms with Crippen LogP contribution in [-0.2, 0) is 0 Å². The van der Waals surface area contributed by atoms with E-state index in [0.29, 0.717) is 0 Å². The number of hydrogen-bond donors (Lipinski definition) is 0. The summed E-state index contributed by atoms with van der Waals surface area (Å²) in [6, 6.07) is 5.49. The Morgan fingerprint density at radius 2 is 2.33 bits per heavy atom. The van der Waals surface area contributed by atoms with Crippen molar-refractivity contribution in [2.75, 3.05) is 0 Å². The molecule has 0 nitrogen and oxygen atoms in total. The second kappa shape index (κ2) is 2.48. The smallest absolute Gasteiger partial charge is 0.124 e. The van der Waals surface area contributed by atoms with Crippen LogP contribution in [0.2, 0.25) is 0 Å². The lowest BCUT2D eigenvalue weighted by molar-refractivity contribution is 0.626. The number of rotatable bonds is 0. The maximum Gasteiger partial charge on any atom is 0.124 e. The van der Waals surface area contributed by atoms with Crippen LogP contribution in [0.4, 0.5) is 4.39 Å².